The monoisotopic (exact) mass is 629 g/mol. The first-order valence-electron chi connectivity index (χ1n) is 14.7. The lowest BCUT2D eigenvalue weighted by Gasteiger charge is -2.46. The van der Waals surface area contributed by atoms with Crippen LogP contribution in [-0.2, 0) is 22.7 Å². The van der Waals surface area contributed by atoms with Gasteiger partial charge in [-0.1, -0.05) is 109 Å². The van der Waals surface area contributed by atoms with Crippen LogP contribution in [0.2, 0.25) is 10.0 Å². The first-order valence-corrected chi connectivity index (χ1v) is 15.5. The minimum atomic E-state index is -0.801. The lowest BCUT2D eigenvalue weighted by molar-refractivity contribution is -0.158. The van der Waals surface area contributed by atoms with E-state index < -0.39 is 12.2 Å². The van der Waals surface area contributed by atoms with Crippen LogP contribution in [0.1, 0.15) is 36.1 Å². The summed E-state index contributed by atoms with van der Waals surface area (Å²) in [5, 5.41) is 9.42. The van der Waals surface area contributed by atoms with E-state index in [4.69, 9.17) is 23.2 Å². The number of nitrogens with one attached hydrogen (secondary N) is 1. The Morgan fingerprint density at radius 3 is 2.45 bits per heavy atom. The van der Waals surface area contributed by atoms with E-state index in [9.17, 15) is 14.4 Å². The number of hydrogen-bond acceptors (Lipinski definition) is 4. The highest BCUT2D eigenvalue weighted by Gasteiger charge is 2.52. The average Bonchev–Trinajstić information content (AvgIpc) is 3.36. The number of hydrogen-bond donors (Lipinski definition) is 1. The highest BCUT2D eigenvalue weighted by atomic mass is 35.5. The summed E-state index contributed by atoms with van der Waals surface area (Å²) >= 11 is 12.2. The predicted molar refractivity (Wildman–Crippen MR) is 172 cm³/mol. The van der Waals surface area contributed by atoms with E-state index in [0.29, 0.717) is 29.6 Å². The second-order valence-electron chi connectivity index (χ2n) is 11.1. The van der Waals surface area contributed by atoms with Crippen molar-refractivity contribution in [1.29, 1.82) is 0 Å². The number of fused-ring (bicyclic) bond motifs is 2. The molecule has 0 saturated carbocycles. The van der Waals surface area contributed by atoms with Crippen molar-refractivity contribution in [3.63, 3.8) is 0 Å². The van der Waals surface area contributed by atoms with Crippen molar-refractivity contribution in [3.8, 4) is 0 Å². The number of urea groups is 1. The summed E-state index contributed by atoms with van der Waals surface area (Å²) in [7, 11) is 0. The molecule has 4 amide bonds. The molecule has 4 aromatic rings. The van der Waals surface area contributed by atoms with Gasteiger partial charge in [-0.2, -0.15) is 5.01 Å². The molecule has 2 saturated heterocycles. The molecule has 0 spiro atoms. The Morgan fingerprint density at radius 2 is 1.68 bits per heavy atom. The molecule has 2 atom stereocenters. The molecule has 1 N–H and O–H groups in total. The number of hydrazine groups is 1. The summed E-state index contributed by atoms with van der Waals surface area (Å²) in [5.74, 6) is -0.331. The molecule has 6 rings (SSSR count). The van der Waals surface area contributed by atoms with Gasteiger partial charge in [0.15, 0.2) is 0 Å². The Balaban J connectivity index is 1.31. The number of halogens is 2. The molecule has 2 aliphatic heterocycles. The molecule has 4 aromatic carbocycles. The van der Waals surface area contributed by atoms with Crippen LogP contribution < -0.4 is 5.32 Å². The van der Waals surface area contributed by atoms with E-state index in [2.05, 4.69) is 23.5 Å². The Hall–Kier alpha value is -4.11. The Morgan fingerprint density at radius 1 is 0.932 bits per heavy atom. The first kappa shape index (κ1) is 29.9. The molecule has 8 nitrogen and oxygen atoms in total. The van der Waals surface area contributed by atoms with Gasteiger partial charge < -0.3 is 15.1 Å². The maximum atomic E-state index is 14.2. The molecule has 0 bridgehead atoms. The van der Waals surface area contributed by atoms with Gasteiger partial charge in [-0.15, -0.1) is 0 Å². The van der Waals surface area contributed by atoms with Crippen molar-refractivity contribution < 1.29 is 14.4 Å². The molecule has 226 valence electrons. The van der Waals surface area contributed by atoms with Crippen LogP contribution >= 0.6 is 23.2 Å². The smallest absolute Gasteiger partial charge is 0.332 e. The molecule has 0 unspecified atom stereocenters. The lowest BCUT2D eigenvalue weighted by Crippen LogP contribution is -2.62. The van der Waals surface area contributed by atoms with Gasteiger partial charge in [-0.05, 0) is 46.0 Å². The molecule has 44 heavy (non-hydrogen) atoms. The van der Waals surface area contributed by atoms with Gasteiger partial charge in [0.1, 0.15) is 12.2 Å². The fourth-order valence-corrected chi connectivity index (χ4v) is 6.47. The van der Waals surface area contributed by atoms with E-state index in [0.717, 1.165) is 27.5 Å². The molecule has 2 fully saturated rings. The van der Waals surface area contributed by atoms with Crippen LogP contribution in [0.25, 0.3) is 10.8 Å². The van der Waals surface area contributed by atoms with Crippen LogP contribution in [0.15, 0.2) is 91.0 Å². The molecular formula is C34H33Cl2N5O3. The maximum Gasteiger partial charge on any atom is 0.332 e. The SMILES string of the molecule is CCCN(C(=O)NCc1ccc(Cl)c(Cl)c1)N1CC(=O)N2[C@@H](c3ccccc3)C(=O)N(Cc3cccc4ccccc34)C[C@@H]21. The highest BCUT2D eigenvalue weighted by Crippen LogP contribution is 2.37. The molecule has 10 heteroatoms. The summed E-state index contributed by atoms with van der Waals surface area (Å²) in [5.41, 5.74) is 2.57. The van der Waals surface area contributed by atoms with Crippen LogP contribution in [0, 0.1) is 0 Å². The largest absolute Gasteiger partial charge is 0.333 e. The predicted octanol–water partition coefficient (Wildman–Crippen LogP) is 6.24. The molecule has 2 aliphatic rings. The molecule has 0 aliphatic carbocycles. The number of benzene rings is 4. The number of nitrogens with zero attached hydrogens (tertiary/aromatic N) is 4. The zero-order chi connectivity index (χ0) is 30.8. The van der Waals surface area contributed by atoms with Crippen molar-refractivity contribution in [3.05, 3.63) is 118 Å². The number of amides is 4. The normalized spacial score (nSPS) is 18.5. The van der Waals surface area contributed by atoms with Gasteiger partial charge in [0.2, 0.25) is 5.91 Å². The van der Waals surface area contributed by atoms with E-state index in [1.807, 2.05) is 77.5 Å². The summed E-state index contributed by atoms with van der Waals surface area (Å²) in [6.07, 6.45) is 0.154. The second-order valence-corrected chi connectivity index (χ2v) is 11.9. The number of rotatable bonds is 8. The van der Waals surface area contributed by atoms with Crippen molar-refractivity contribution in [2.24, 2.45) is 0 Å². The third-order valence-electron chi connectivity index (χ3n) is 8.22. The van der Waals surface area contributed by atoms with Gasteiger partial charge in [-0.25, -0.2) is 4.79 Å². The van der Waals surface area contributed by atoms with Gasteiger partial charge in [-0.3, -0.25) is 14.6 Å². The highest BCUT2D eigenvalue weighted by molar-refractivity contribution is 6.42. The molecule has 0 radical (unpaired) electrons. The van der Waals surface area contributed by atoms with Gasteiger partial charge >= 0.3 is 6.03 Å². The fourth-order valence-electron chi connectivity index (χ4n) is 6.15. The van der Waals surface area contributed by atoms with Crippen molar-refractivity contribution >= 4 is 51.8 Å². The zero-order valence-corrected chi connectivity index (χ0v) is 25.8. The summed E-state index contributed by atoms with van der Waals surface area (Å²) in [6.45, 7) is 3.26. The number of piperazine rings is 1. The molecule has 0 aromatic heterocycles. The summed E-state index contributed by atoms with van der Waals surface area (Å²) < 4.78 is 0. The van der Waals surface area contributed by atoms with E-state index in [1.54, 1.807) is 22.0 Å². The molecular weight excluding hydrogens is 597 g/mol. The first-order chi connectivity index (χ1) is 21.4. The zero-order valence-electron chi connectivity index (χ0n) is 24.3. The quantitative estimate of drug-likeness (QED) is 0.250. The lowest BCUT2D eigenvalue weighted by atomic mass is 9.99. The van der Waals surface area contributed by atoms with Gasteiger partial charge in [0, 0.05) is 19.6 Å². The van der Waals surface area contributed by atoms with Gasteiger partial charge in [0.05, 0.1) is 23.1 Å². The minimum absolute atomic E-state index is 0.0103. The minimum Gasteiger partial charge on any atom is -0.333 e. The van der Waals surface area contributed by atoms with Crippen LogP contribution in [0.5, 0.6) is 0 Å². The summed E-state index contributed by atoms with van der Waals surface area (Å²) in [6, 6.07) is 27.7. The van der Waals surface area contributed by atoms with Crippen LogP contribution in [0.4, 0.5) is 4.79 Å². The van der Waals surface area contributed by atoms with E-state index in [1.165, 1.54) is 0 Å². The van der Waals surface area contributed by atoms with Crippen molar-refractivity contribution in [2.75, 3.05) is 19.6 Å². The fraction of sp³-hybridized carbons (Fsp3) is 0.265. The van der Waals surface area contributed by atoms with Crippen molar-refractivity contribution in [1.82, 2.24) is 25.1 Å². The summed E-state index contributed by atoms with van der Waals surface area (Å²) in [4.78, 5) is 45.0. The van der Waals surface area contributed by atoms with Crippen LogP contribution in [0.3, 0.4) is 0 Å². The third-order valence-corrected chi connectivity index (χ3v) is 8.96. The third kappa shape index (κ3) is 5.85. The Labute approximate surface area is 266 Å². The Kier molecular flexibility index (Phi) is 8.75. The Bertz CT molecular complexity index is 1700. The van der Waals surface area contributed by atoms with Crippen molar-refractivity contribution in [2.45, 2.75) is 38.6 Å². The topological polar surface area (TPSA) is 76.2 Å². The average molecular weight is 631 g/mol. The van der Waals surface area contributed by atoms with Crippen LogP contribution in [-0.4, -0.2) is 63.5 Å². The van der Waals surface area contributed by atoms with Gasteiger partial charge in [0.25, 0.3) is 5.91 Å². The standard InChI is InChI=1S/C34H33Cl2N5O3/c1-2-17-39(34(44)37-19-23-15-16-28(35)29(36)18-23)40-22-31(42)41-30(40)21-38(33(43)32(41)25-10-4-3-5-11-25)20-26-13-8-12-24-9-6-7-14-27(24)26/h3-16,18,30,32H,2,17,19-22H2,1H3,(H,37,44)/t30-,32+/m1/s1. The maximum absolute atomic E-state index is 14.2. The second kappa shape index (κ2) is 12.9. The van der Waals surface area contributed by atoms with E-state index >= 15 is 0 Å². The van der Waals surface area contributed by atoms with E-state index in [-0.39, 0.29) is 37.5 Å². The number of carbonyl (C=O) groups excluding carboxylic acids is 3. The number of carbonyl (C=O) groups is 3. The molecule has 2 heterocycles.